The first-order valence-corrected chi connectivity index (χ1v) is 6.10. The van der Waals surface area contributed by atoms with Crippen molar-refractivity contribution in [1.29, 1.82) is 0 Å². The van der Waals surface area contributed by atoms with E-state index in [-0.39, 0.29) is 12.5 Å². The van der Waals surface area contributed by atoms with Gasteiger partial charge in [0.1, 0.15) is 0 Å². The Bertz CT molecular complexity index is 319. The molecule has 1 heterocycles. The average Bonchev–Trinajstić information content (AvgIpc) is 2.84. The summed E-state index contributed by atoms with van der Waals surface area (Å²) in [5.41, 5.74) is 0.732. The maximum Gasteiger partial charge on any atom is 0.256 e. The van der Waals surface area contributed by atoms with Crippen LogP contribution >= 0.6 is 0 Å². The van der Waals surface area contributed by atoms with Crippen LogP contribution in [0.5, 0.6) is 0 Å². The van der Waals surface area contributed by atoms with E-state index in [1.807, 2.05) is 12.2 Å². The zero-order chi connectivity index (χ0) is 12.3. The van der Waals surface area contributed by atoms with Crippen LogP contribution in [-0.4, -0.2) is 32.2 Å². The Morgan fingerprint density at radius 1 is 1.53 bits per heavy atom. The van der Waals surface area contributed by atoms with Crippen molar-refractivity contribution in [3.63, 3.8) is 0 Å². The van der Waals surface area contributed by atoms with Gasteiger partial charge in [-0.25, -0.2) is 8.78 Å². The molecule has 0 aromatic heterocycles. The van der Waals surface area contributed by atoms with Crippen molar-refractivity contribution >= 4 is 0 Å². The maximum atomic E-state index is 13.9. The van der Waals surface area contributed by atoms with Crippen LogP contribution < -0.4 is 5.32 Å². The van der Waals surface area contributed by atoms with Crippen LogP contribution in [0.1, 0.15) is 19.3 Å². The first kappa shape index (κ1) is 12.7. The van der Waals surface area contributed by atoms with Gasteiger partial charge in [0.15, 0.2) is 0 Å². The second-order valence-corrected chi connectivity index (χ2v) is 4.78. The third kappa shape index (κ3) is 3.13. The number of hydrogen-bond donors (Lipinski definition) is 1. The Hall–Kier alpha value is -0.740. The number of ether oxygens (including phenoxy) is 1. The summed E-state index contributed by atoms with van der Waals surface area (Å²) >= 11 is 0. The van der Waals surface area contributed by atoms with Gasteiger partial charge in [0.05, 0.1) is 6.10 Å². The van der Waals surface area contributed by atoms with Gasteiger partial charge in [0.2, 0.25) is 0 Å². The fourth-order valence-electron chi connectivity index (χ4n) is 2.38. The molecule has 0 aromatic rings. The molecule has 4 heteroatoms. The molecule has 1 fully saturated rings. The Balaban J connectivity index is 1.92. The number of halogens is 2. The van der Waals surface area contributed by atoms with Gasteiger partial charge in [-0.1, -0.05) is 18.2 Å². The molecule has 0 bridgehead atoms. The molecule has 2 atom stereocenters. The molecule has 2 unspecified atom stereocenters. The quantitative estimate of drug-likeness (QED) is 0.819. The minimum atomic E-state index is -2.60. The summed E-state index contributed by atoms with van der Waals surface area (Å²) in [5.74, 6) is -3.11. The van der Waals surface area contributed by atoms with Crippen LogP contribution in [0, 0.1) is 5.92 Å². The minimum Gasteiger partial charge on any atom is -0.377 e. The maximum absolute atomic E-state index is 13.9. The van der Waals surface area contributed by atoms with E-state index >= 15 is 0 Å². The van der Waals surface area contributed by atoms with Gasteiger partial charge in [-0.3, -0.25) is 0 Å². The lowest BCUT2D eigenvalue weighted by Crippen LogP contribution is -2.30. The van der Waals surface area contributed by atoms with E-state index in [9.17, 15) is 8.78 Å². The zero-order valence-corrected chi connectivity index (χ0v) is 10.1. The van der Waals surface area contributed by atoms with Crippen LogP contribution in [0.15, 0.2) is 23.8 Å². The third-order valence-corrected chi connectivity index (χ3v) is 3.54. The smallest absolute Gasteiger partial charge is 0.256 e. The number of alkyl halides is 2. The van der Waals surface area contributed by atoms with Gasteiger partial charge >= 0.3 is 0 Å². The number of methoxy groups -OCH3 is 1. The Morgan fingerprint density at radius 3 is 2.88 bits per heavy atom. The first-order valence-electron chi connectivity index (χ1n) is 6.10. The number of allylic oxidation sites excluding steroid dienone is 2. The van der Waals surface area contributed by atoms with Crippen molar-refractivity contribution < 1.29 is 13.5 Å². The predicted molar refractivity (Wildman–Crippen MR) is 63.2 cm³/mol. The predicted octanol–water partition coefficient (Wildman–Crippen LogP) is 2.52. The fraction of sp³-hybridized carbons (Fsp3) is 0.692. The van der Waals surface area contributed by atoms with E-state index in [0.717, 1.165) is 5.57 Å². The lowest BCUT2D eigenvalue weighted by Gasteiger charge is -2.24. The molecular formula is C13H19F2NO. The van der Waals surface area contributed by atoms with Crippen LogP contribution in [0.2, 0.25) is 0 Å². The topological polar surface area (TPSA) is 21.3 Å². The highest BCUT2D eigenvalue weighted by molar-refractivity contribution is 5.26. The largest absolute Gasteiger partial charge is 0.377 e. The standard InChI is InChI=1S/C13H19F2NO/c1-17-12-4-2-10(3-5-12)8-13(14,15)11-6-7-16-9-11/h2-4,11-12,16H,5-9H2,1H3. The Morgan fingerprint density at radius 2 is 2.35 bits per heavy atom. The monoisotopic (exact) mass is 243 g/mol. The van der Waals surface area contributed by atoms with Gasteiger partial charge in [0.25, 0.3) is 5.92 Å². The van der Waals surface area contributed by atoms with E-state index in [1.54, 1.807) is 13.2 Å². The molecule has 0 radical (unpaired) electrons. The minimum absolute atomic E-state index is 0.0421. The fourth-order valence-corrected chi connectivity index (χ4v) is 2.38. The van der Waals surface area contributed by atoms with Crippen molar-refractivity contribution in [3.05, 3.63) is 23.8 Å². The van der Waals surface area contributed by atoms with Gasteiger partial charge in [-0.2, -0.15) is 0 Å². The first-order chi connectivity index (χ1) is 8.12. The summed E-state index contributed by atoms with van der Waals surface area (Å²) in [6.07, 6.45) is 6.66. The molecule has 0 spiro atoms. The molecule has 2 aliphatic rings. The molecule has 2 nitrogen and oxygen atoms in total. The SMILES string of the molecule is COC1C=CC(CC(F)(F)C2CCNC2)=CC1. The number of hydrogen-bond acceptors (Lipinski definition) is 2. The highest BCUT2D eigenvalue weighted by atomic mass is 19.3. The molecule has 17 heavy (non-hydrogen) atoms. The van der Waals surface area contributed by atoms with Gasteiger partial charge in [-0.15, -0.1) is 0 Å². The summed E-state index contributed by atoms with van der Waals surface area (Å²) in [5, 5.41) is 2.99. The highest BCUT2D eigenvalue weighted by Crippen LogP contribution is 2.36. The molecule has 0 saturated carbocycles. The lowest BCUT2D eigenvalue weighted by molar-refractivity contribution is -0.0493. The van der Waals surface area contributed by atoms with Crippen LogP contribution in [-0.2, 0) is 4.74 Å². The van der Waals surface area contributed by atoms with Crippen LogP contribution in [0.4, 0.5) is 8.78 Å². The summed E-state index contributed by atoms with van der Waals surface area (Å²) < 4.78 is 33.0. The molecule has 96 valence electrons. The number of nitrogens with one attached hydrogen (secondary N) is 1. The molecule has 1 aliphatic carbocycles. The Kier molecular flexibility index (Phi) is 3.94. The molecule has 1 saturated heterocycles. The van der Waals surface area contributed by atoms with Gasteiger partial charge in [0, 0.05) is 26.0 Å². The molecule has 0 amide bonds. The van der Waals surface area contributed by atoms with Crippen molar-refractivity contribution in [2.75, 3.05) is 20.2 Å². The van der Waals surface area contributed by atoms with Crippen LogP contribution in [0.3, 0.4) is 0 Å². The van der Waals surface area contributed by atoms with Crippen molar-refractivity contribution in [3.8, 4) is 0 Å². The van der Waals surface area contributed by atoms with Crippen molar-refractivity contribution in [2.45, 2.75) is 31.3 Å². The zero-order valence-electron chi connectivity index (χ0n) is 10.1. The van der Waals surface area contributed by atoms with Crippen molar-refractivity contribution in [1.82, 2.24) is 5.32 Å². The second kappa shape index (κ2) is 5.27. The van der Waals surface area contributed by atoms with E-state index in [2.05, 4.69) is 5.32 Å². The third-order valence-electron chi connectivity index (χ3n) is 3.54. The highest BCUT2D eigenvalue weighted by Gasteiger charge is 2.41. The molecule has 2 rings (SSSR count). The number of rotatable bonds is 4. The van der Waals surface area contributed by atoms with E-state index in [0.29, 0.717) is 25.9 Å². The second-order valence-electron chi connectivity index (χ2n) is 4.78. The van der Waals surface area contributed by atoms with E-state index in [1.165, 1.54) is 0 Å². The summed E-state index contributed by atoms with van der Waals surface area (Å²) in [7, 11) is 1.63. The van der Waals surface area contributed by atoms with E-state index in [4.69, 9.17) is 4.74 Å². The molecule has 1 aliphatic heterocycles. The normalized spacial score (nSPS) is 29.5. The summed E-state index contributed by atoms with van der Waals surface area (Å²) in [6, 6.07) is 0. The molecular weight excluding hydrogens is 224 g/mol. The average molecular weight is 243 g/mol. The lowest BCUT2D eigenvalue weighted by atomic mass is 9.91. The van der Waals surface area contributed by atoms with E-state index < -0.39 is 11.8 Å². The molecule has 0 aromatic carbocycles. The van der Waals surface area contributed by atoms with Gasteiger partial charge in [-0.05, 0) is 25.0 Å². The van der Waals surface area contributed by atoms with Crippen LogP contribution in [0.25, 0.3) is 0 Å². The van der Waals surface area contributed by atoms with Gasteiger partial charge < -0.3 is 10.1 Å². The Labute approximate surface area is 101 Å². The summed E-state index contributed by atoms with van der Waals surface area (Å²) in [4.78, 5) is 0. The molecule has 1 N–H and O–H groups in total. The van der Waals surface area contributed by atoms with Crippen molar-refractivity contribution in [2.24, 2.45) is 5.92 Å². The summed E-state index contributed by atoms with van der Waals surface area (Å²) in [6.45, 7) is 1.14.